The Kier molecular flexibility index (Phi) is 42.6. The Balaban J connectivity index is -0.0000000533. The van der Waals surface area contributed by atoms with E-state index in [1.54, 1.807) is 0 Å². The molecule has 0 spiro atoms. The first-order valence-corrected chi connectivity index (χ1v) is 5.73. The summed E-state index contributed by atoms with van der Waals surface area (Å²) in [7, 11) is -5.23. The Morgan fingerprint density at radius 1 is 0.833 bits per heavy atom. The van der Waals surface area contributed by atoms with Gasteiger partial charge in [-0.1, -0.05) is 0 Å². The summed E-state index contributed by atoms with van der Waals surface area (Å²) in [5, 5.41) is 36.6. The number of hydrogen-bond acceptors (Lipinski definition) is 9. The fourth-order valence-corrected chi connectivity index (χ4v) is 1.56. The molecule has 1 unspecified atom stereocenters. The van der Waals surface area contributed by atoms with E-state index in [9.17, 15) is 24.6 Å². The molecule has 16 nitrogen and oxygen atoms in total. The van der Waals surface area contributed by atoms with Crippen molar-refractivity contribution in [2.24, 2.45) is 0 Å². The van der Waals surface area contributed by atoms with Crippen molar-refractivity contribution in [1.82, 2.24) is 0 Å². The van der Waals surface area contributed by atoms with Crippen LogP contribution in [0.25, 0.3) is 0 Å². The quantitative estimate of drug-likeness (QED) is 0.202. The molecule has 18 N–H and O–H groups in total. The summed E-state index contributed by atoms with van der Waals surface area (Å²) >= 11 is 0. The number of ether oxygens (including phenoxy) is 1. The van der Waals surface area contributed by atoms with Gasteiger partial charge in [0.25, 0.3) is 0 Å². The number of phosphoric acid groups is 1. The van der Waals surface area contributed by atoms with Crippen molar-refractivity contribution in [3.63, 3.8) is 0 Å². The maximum Gasteiger partial charge on any atom is 2.00 e. The first kappa shape index (κ1) is 49.9. The maximum atomic E-state index is 10.1. The van der Waals surface area contributed by atoms with Crippen LogP contribution in [0.1, 0.15) is 0 Å². The van der Waals surface area contributed by atoms with E-state index in [0.717, 1.165) is 0 Å². The number of hydrogen-bond donors (Lipinski definition) is 4. The fraction of sp³-hybridized carbons (Fsp3) is 1.00. The summed E-state index contributed by atoms with van der Waals surface area (Å²) in [6.45, 7) is -0.855. The van der Waals surface area contributed by atoms with Crippen LogP contribution in [0, 0.1) is 0 Å². The van der Waals surface area contributed by atoms with E-state index in [1.807, 2.05) is 0 Å². The van der Waals surface area contributed by atoms with Crippen molar-refractivity contribution >= 4 is 56.7 Å². The van der Waals surface area contributed by atoms with Gasteiger partial charge in [-0.25, -0.2) is 0 Å². The van der Waals surface area contributed by atoms with Crippen LogP contribution < -0.4 is 9.79 Å². The van der Waals surface area contributed by atoms with Crippen molar-refractivity contribution in [3.05, 3.63) is 0 Å². The van der Waals surface area contributed by atoms with E-state index in [4.69, 9.17) is 10.2 Å². The number of aliphatic hydroxyl groups is 4. The van der Waals surface area contributed by atoms with Crippen LogP contribution in [-0.4, -0.2) is 145 Å². The molecule has 1 heterocycles. The summed E-state index contributed by atoms with van der Waals surface area (Å²) in [5.41, 5.74) is 0. The van der Waals surface area contributed by atoms with Gasteiger partial charge in [-0.2, -0.15) is 0 Å². The molecule has 0 bridgehead atoms. The molecule has 0 aromatic rings. The van der Waals surface area contributed by atoms with Crippen molar-refractivity contribution < 1.29 is 82.4 Å². The first-order chi connectivity index (χ1) is 7.22. The van der Waals surface area contributed by atoms with Crippen molar-refractivity contribution in [3.8, 4) is 0 Å². The standard InChI is InChI=1S/C6H13O9P.Ba.7H2O/c7-3-2(1-14-16(11,12)13)15-6(10)5(9)4(3)8;;;;;;;;/h2-10H,1H2,(H2,11,12,13);;7*1H2/q;+2;;;;;;;/p-2/t2-,3-,4+,5-,6?;;;;;;;;/m1......../s1. The molecule has 1 fully saturated rings. The number of phosphoric ester groups is 1. The predicted octanol–water partition coefficient (Wildman–Crippen LogP) is -10.5. The summed E-state index contributed by atoms with van der Waals surface area (Å²) in [5.74, 6) is 0. The van der Waals surface area contributed by atoms with Gasteiger partial charge in [0, 0.05) is 0 Å². The summed E-state index contributed by atoms with van der Waals surface area (Å²) < 4.78 is 18.5. The smallest absolute Gasteiger partial charge is 0.790 e. The molecule has 1 rings (SSSR count). The SMILES string of the molecule is O.O.O.O.O.O.O.O=P([O-])([O-])OC[C@H]1OC(O)[C@H](O)[C@@H](O)[C@@H]1O.[Ba+2]. The van der Waals surface area contributed by atoms with Crippen molar-refractivity contribution in [1.29, 1.82) is 0 Å². The van der Waals surface area contributed by atoms with Gasteiger partial charge < -0.3 is 82.4 Å². The van der Waals surface area contributed by atoms with E-state index >= 15 is 0 Å². The van der Waals surface area contributed by atoms with Crippen LogP contribution in [0.5, 0.6) is 0 Å². The van der Waals surface area contributed by atoms with Crippen LogP contribution in [0.15, 0.2) is 0 Å². The largest absolute Gasteiger partial charge is 2.00 e. The molecule has 5 atom stereocenters. The first-order valence-electron chi connectivity index (χ1n) is 4.26. The second-order valence-electron chi connectivity index (χ2n) is 3.28. The van der Waals surface area contributed by atoms with Gasteiger partial charge in [0.05, 0.1) is 14.4 Å². The molecule has 152 valence electrons. The second-order valence-corrected chi connectivity index (χ2v) is 4.43. The molecule has 0 saturated carbocycles. The zero-order valence-electron chi connectivity index (χ0n) is 12.1. The third-order valence-electron chi connectivity index (χ3n) is 2.08. The van der Waals surface area contributed by atoms with Gasteiger partial charge in [-0.05, 0) is 0 Å². The molecule has 1 saturated heterocycles. The molecule has 0 aromatic heterocycles. The molecule has 24 heavy (non-hydrogen) atoms. The number of rotatable bonds is 3. The fourth-order valence-electron chi connectivity index (χ4n) is 1.23. The Bertz CT molecular complexity index is 288. The third-order valence-corrected chi connectivity index (χ3v) is 2.55. The Hall–Kier alpha value is 1.20. The normalized spacial score (nSPS) is 27.3. The Morgan fingerprint density at radius 2 is 1.21 bits per heavy atom. The maximum absolute atomic E-state index is 10.1. The average molecular weight is 522 g/mol. The molecule has 1 aliphatic rings. The molecule has 0 radical (unpaired) electrons. The molecular formula is C6H25BaO16P. The summed E-state index contributed by atoms with van der Waals surface area (Å²) in [4.78, 5) is 20.3. The van der Waals surface area contributed by atoms with Gasteiger partial charge >= 0.3 is 48.9 Å². The zero-order chi connectivity index (χ0) is 12.5. The van der Waals surface area contributed by atoms with Crippen molar-refractivity contribution in [2.45, 2.75) is 30.7 Å². The Morgan fingerprint density at radius 3 is 1.54 bits per heavy atom. The second kappa shape index (κ2) is 20.5. The topological polar surface area (TPSA) is 383 Å². The van der Waals surface area contributed by atoms with E-state index < -0.39 is 45.1 Å². The van der Waals surface area contributed by atoms with E-state index in [-0.39, 0.29) is 87.2 Å². The van der Waals surface area contributed by atoms with E-state index in [1.165, 1.54) is 0 Å². The molecular weight excluding hydrogens is 496 g/mol. The van der Waals surface area contributed by atoms with Crippen LogP contribution in [-0.2, 0) is 13.8 Å². The Labute approximate surface area is 175 Å². The molecule has 0 amide bonds. The average Bonchev–Trinajstić information content (AvgIpc) is 2.17. The minimum absolute atomic E-state index is 0. The minimum Gasteiger partial charge on any atom is -0.790 e. The summed E-state index contributed by atoms with van der Waals surface area (Å²) in [6, 6.07) is 0. The molecule has 18 heteroatoms. The zero-order valence-corrected chi connectivity index (χ0v) is 17.4. The molecule has 0 aromatic carbocycles. The van der Waals surface area contributed by atoms with Gasteiger partial charge in [0.1, 0.15) is 24.4 Å². The third kappa shape index (κ3) is 15.5. The van der Waals surface area contributed by atoms with Crippen molar-refractivity contribution in [2.75, 3.05) is 6.61 Å². The predicted molar refractivity (Wildman–Crippen MR) is 73.5 cm³/mol. The molecule has 0 aliphatic carbocycles. The van der Waals surface area contributed by atoms with Crippen LogP contribution in [0.2, 0.25) is 0 Å². The van der Waals surface area contributed by atoms with Gasteiger partial charge in [-0.3, -0.25) is 0 Å². The van der Waals surface area contributed by atoms with E-state index in [2.05, 4.69) is 9.26 Å². The molecule has 1 aliphatic heterocycles. The van der Waals surface area contributed by atoms with Gasteiger partial charge in [-0.15, -0.1) is 0 Å². The van der Waals surface area contributed by atoms with Gasteiger partial charge in [0.2, 0.25) is 0 Å². The van der Waals surface area contributed by atoms with Gasteiger partial charge in [0.15, 0.2) is 6.29 Å². The minimum atomic E-state index is -5.23. The number of aliphatic hydroxyl groups excluding tert-OH is 4. The summed E-state index contributed by atoms with van der Waals surface area (Å²) in [6.07, 6.45) is -8.35. The van der Waals surface area contributed by atoms with E-state index in [0.29, 0.717) is 0 Å². The van der Waals surface area contributed by atoms with Crippen LogP contribution in [0.4, 0.5) is 0 Å². The monoisotopic (exact) mass is 522 g/mol. The van der Waals surface area contributed by atoms with Crippen LogP contribution >= 0.6 is 7.82 Å². The van der Waals surface area contributed by atoms with Crippen LogP contribution in [0.3, 0.4) is 0 Å².